The summed E-state index contributed by atoms with van der Waals surface area (Å²) in [6.45, 7) is 0.455. The van der Waals surface area contributed by atoms with E-state index in [1.54, 1.807) is 47.4 Å². The summed E-state index contributed by atoms with van der Waals surface area (Å²) in [6.07, 6.45) is 0.294. The molecule has 1 aromatic heterocycles. The molecule has 0 N–H and O–H groups in total. The van der Waals surface area contributed by atoms with E-state index in [2.05, 4.69) is 5.16 Å². The summed E-state index contributed by atoms with van der Waals surface area (Å²) in [5.41, 5.74) is 2.58. The molecule has 1 atom stereocenters. The molecule has 1 unspecified atom stereocenters. The highest BCUT2D eigenvalue weighted by atomic mass is 35.5. The van der Waals surface area contributed by atoms with Crippen LogP contribution >= 0.6 is 11.6 Å². The van der Waals surface area contributed by atoms with Crippen LogP contribution in [0.2, 0.25) is 5.02 Å². The van der Waals surface area contributed by atoms with Crippen LogP contribution in [0.1, 0.15) is 27.6 Å². The second kappa shape index (κ2) is 8.65. The van der Waals surface area contributed by atoms with Crippen molar-refractivity contribution in [3.63, 3.8) is 0 Å². The maximum atomic E-state index is 13.3. The quantitative estimate of drug-likeness (QED) is 0.405. The van der Waals surface area contributed by atoms with Gasteiger partial charge >= 0.3 is 0 Å². The van der Waals surface area contributed by atoms with Crippen LogP contribution in [0.4, 0.5) is 0 Å². The molecular weight excluding hydrogens is 460 g/mol. The molecule has 0 spiro atoms. The Bertz CT molecular complexity index is 1430. The molecule has 1 aliphatic heterocycles. The van der Waals surface area contributed by atoms with E-state index in [1.165, 1.54) is 0 Å². The minimum absolute atomic E-state index is 0.112. The Labute approximate surface area is 196 Å². The predicted molar refractivity (Wildman–Crippen MR) is 128 cm³/mol. The number of sulfone groups is 1. The number of halogens is 1. The third kappa shape index (κ3) is 4.14. The molecule has 5 rings (SSSR count). The van der Waals surface area contributed by atoms with Crippen molar-refractivity contribution in [3.8, 4) is 11.3 Å². The molecule has 3 aromatic carbocycles. The lowest BCUT2D eigenvalue weighted by molar-refractivity contribution is 0.0766. The second-order valence-corrected chi connectivity index (χ2v) is 10.8. The molecular formula is C25H21ClN2O4S. The van der Waals surface area contributed by atoms with Crippen molar-refractivity contribution in [2.75, 3.05) is 18.8 Å². The molecule has 168 valence electrons. The molecule has 6 nitrogen and oxygen atoms in total. The fraction of sp³-hybridized carbons (Fsp3) is 0.200. The van der Waals surface area contributed by atoms with Crippen LogP contribution in [0.25, 0.3) is 22.2 Å². The van der Waals surface area contributed by atoms with Gasteiger partial charge in [-0.2, -0.15) is 0 Å². The second-order valence-electron chi connectivity index (χ2n) is 8.07. The molecule has 0 bridgehead atoms. The van der Waals surface area contributed by atoms with E-state index in [4.69, 9.17) is 16.1 Å². The number of fused-ring (bicyclic) bond motifs is 1. The third-order valence-electron chi connectivity index (χ3n) is 6.04. The molecule has 1 amide bonds. The van der Waals surface area contributed by atoms with Crippen molar-refractivity contribution < 1.29 is 17.7 Å². The summed E-state index contributed by atoms with van der Waals surface area (Å²) >= 11 is 6.28. The van der Waals surface area contributed by atoms with Crippen molar-refractivity contribution >= 4 is 38.2 Å². The maximum Gasteiger partial charge on any atom is 0.253 e. The Morgan fingerprint density at radius 1 is 1.00 bits per heavy atom. The van der Waals surface area contributed by atoms with Gasteiger partial charge in [-0.05, 0) is 36.2 Å². The van der Waals surface area contributed by atoms with Gasteiger partial charge in [0.25, 0.3) is 5.91 Å². The van der Waals surface area contributed by atoms with Crippen molar-refractivity contribution in [1.29, 1.82) is 0 Å². The van der Waals surface area contributed by atoms with E-state index in [0.717, 1.165) is 10.9 Å². The number of carbonyl (C=O) groups is 1. The summed E-state index contributed by atoms with van der Waals surface area (Å²) in [4.78, 5) is 14.9. The molecule has 33 heavy (non-hydrogen) atoms. The van der Waals surface area contributed by atoms with Gasteiger partial charge in [0.1, 0.15) is 5.52 Å². The van der Waals surface area contributed by atoms with E-state index < -0.39 is 15.1 Å². The lowest BCUT2D eigenvalue weighted by atomic mass is 10.1. The van der Waals surface area contributed by atoms with E-state index in [0.29, 0.717) is 40.4 Å². The molecule has 1 fully saturated rings. The molecule has 0 radical (unpaired) electrons. The average Bonchev–Trinajstić information content (AvgIpc) is 3.18. The van der Waals surface area contributed by atoms with Crippen molar-refractivity contribution in [2.24, 2.45) is 0 Å². The zero-order valence-electron chi connectivity index (χ0n) is 17.6. The summed E-state index contributed by atoms with van der Waals surface area (Å²) < 4.78 is 31.5. The van der Waals surface area contributed by atoms with Gasteiger partial charge in [-0.25, -0.2) is 8.42 Å². The number of hydrogen-bond donors (Lipinski definition) is 0. The summed E-state index contributed by atoms with van der Waals surface area (Å²) in [7, 11) is -3.46. The van der Waals surface area contributed by atoms with Crippen molar-refractivity contribution in [1.82, 2.24) is 10.1 Å². The number of benzene rings is 3. The molecule has 8 heteroatoms. The van der Waals surface area contributed by atoms with Crippen molar-refractivity contribution in [3.05, 3.63) is 88.9 Å². The Kier molecular flexibility index (Phi) is 5.68. The molecule has 1 saturated heterocycles. The molecule has 0 aliphatic carbocycles. The van der Waals surface area contributed by atoms with Gasteiger partial charge < -0.3 is 9.42 Å². The van der Waals surface area contributed by atoms with Gasteiger partial charge in [0.05, 0.1) is 16.4 Å². The van der Waals surface area contributed by atoms with Crippen LogP contribution in [0.15, 0.2) is 77.3 Å². The van der Waals surface area contributed by atoms with Gasteiger partial charge in [-0.1, -0.05) is 65.3 Å². The first kappa shape index (κ1) is 21.7. The average molecular weight is 481 g/mol. The van der Waals surface area contributed by atoms with Gasteiger partial charge in [0, 0.05) is 29.2 Å². The van der Waals surface area contributed by atoms with Gasteiger partial charge in [0.15, 0.2) is 15.6 Å². The summed E-state index contributed by atoms with van der Waals surface area (Å²) in [5, 5.41) is 4.54. The van der Waals surface area contributed by atoms with Crippen LogP contribution in [0, 0.1) is 0 Å². The number of amides is 1. The monoisotopic (exact) mass is 480 g/mol. The number of carbonyl (C=O) groups excluding carboxylic acids is 1. The molecule has 0 saturated carbocycles. The lowest BCUT2D eigenvalue weighted by Crippen LogP contribution is -2.33. The van der Waals surface area contributed by atoms with Crippen LogP contribution in [0.5, 0.6) is 0 Å². The number of rotatable bonds is 3. The van der Waals surface area contributed by atoms with E-state index >= 15 is 0 Å². The Hall–Kier alpha value is -3.16. The molecule has 4 aromatic rings. The zero-order valence-corrected chi connectivity index (χ0v) is 19.2. The SMILES string of the molecule is O=C(c1ccc2noc(-c3ccccc3)c2c1)N1CCC(c2ccccc2Cl)S(=O)(=O)CC1. The standard InChI is InChI=1S/C25H21ClN2O4S/c26-21-9-5-4-8-19(21)23-12-13-28(14-15-33(23,30)31)25(29)18-10-11-22-20(16-18)24(32-27-22)17-6-2-1-3-7-17/h1-11,16,23H,12-15H2. The van der Waals surface area contributed by atoms with Gasteiger partial charge in [-0.3, -0.25) is 4.79 Å². The van der Waals surface area contributed by atoms with Crippen LogP contribution in [0.3, 0.4) is 0 Å². The Balaban J connectivity index is 1.44. The zero-order chi connectivity index (χ0) is 23.0. The normalized spacial score (nSPS) is 18.2. The first-order valence-electron chi connectivity index (χ1n) is 10.6. The third-order valence-corrected chi connectivity index (χ3v) is 8.49. The highest BCUT2D eigenvalue weighted by Crippen LogP contribution is 2.34. The van der Waals surface area contributed by atoms with E-state index in [-0.39, 0.29) is 18.2 Å². The van der Waals surface area contributed by atoms with Crippen molar-refractivity contribution in [2.45, 2.75) is 11.7 Å². The molecule has 2 heterocycles. The summed E-state index contributed by atoms with van der Waals surface area (Å²) in [6, 6.07) is 21.8. The fourth-order valence-corrected chi connectivity index (χ4v) is 6.44. The van der Waals surface area contributed by atoms with E-state index in [1.807, 2.05) is 30.3 Å². The van der Waals surface area contributed by atoms with Gasteiger partial charge in [-0.15, -0.1) is 0 Å². The fourth-order valence-electron chi connectivity index (χ4n) is 4.29. The minimum Gasteiger partial charge on any atom is -0.355 e. The highest BCUT2D eigenvalue weighted by molar-refractivity contribution is 7.91. The Morgan fingerprint density at radius 2 is 1.76 bits per heavy atom. The lowest BCUT2D eigenvalue weighted by Gasteiger charge is -2.20. The first-order chi connectivity index (χ1) is 15.9. The molecule has 1 aliphatic rings. The minimum atomic E-state index is -3.46. The smallest absolute Gasteiger partial charge is 0.253 e. The highest BCUT2D eigenvalue weighted by Gasteiger charge is 2.34. The van der Waals surface area contributed by atoms with E-state index in [9.17, 15) is 13.2 Å². The number of hydrogen-bond acceptors (Lipinski definition) is 5. The maximum absolute atomic E-state index is 13.3. The topological polar surface area (TPSA) is 80.5 Å². The first-order valence-corrected chi connectivity index (χ1v) is 12.7. The summed E-state index contributed by atoms with van der Waals surface area (Å²) in [5.74, 6) is 0.268. The predicted octanol–water partition coefficient (Wildman–Crippen LogP) is 5.15. The van der Waals surface area contributed by atoms with Crippen LogP contribution < -0.4 is 0 Å². The van der Waals surface area contributed by atoms with Crippen LogP contribution in [-0.4, -0.2) is 43.2 Å². The Morgan fingerprint density at radius 3 is 2.55 bits per heavy atom. The number of nitrogens with zero attached hydrogens (tertiary/aromatic N) is 2. The van der Waals surface area contributed by atoms with Crippen LogP contribution in [-0.2, 0) is 9.84 Å². The van der Waals surface area contributed by atoms with Gasteiger partial charge in [0.2, 0.25) is 0 Å². The largest absolute Gasteiger partial charge is 0.355 e. The number of aromatic nitrogens is 1.